The molecule has 0 radical (unpaired) electrons. The van der Waals surface area contributed by atoms with Crippen LogP contribution in [0, 0.1) is 0 Å². The number of para-hydroxylation sites is 1. The van der Waals surface area contributed by atoms with E-state index in [0.29, 0.717) is 12.8 Å². The molecule has 0 amide bonds. The molecule has 0 spiro atoms. The number of aliphatic carboxylic acids is 1. The third kappa shape index (κ3) is 2.47. The van der Waals surface area contributed by atoms with Crippen molar-refractivity contribution in [3.63, 3.8) is 0 Å². The average molecular weight is 233 g/mol. The fraction of sp³-hybridized carbons (Fsp3) is 0.308. The molecule has 0 fully saturated rings. The second kappa shape index (κ2) is 5.01. The predicted molar refractivity (Wildman–Crippen MR) is 65.0 cm³/mol. The zero-order chi connectivity index (χ0) is 12.3. The van der Waals surface area contributed by atoms with Crippen LogP contribution in [-0.4, -0.2) is 27.8 Å². The van der Waals surface area contributed by atoms with Crippen molar-refractivity contribution in [3.05, 3.63) is 35.5 Å². The molecule has 0 aliphatic carbocycles. The SMILES string of the molecule is O=C(O)CCc1[nH]c2ccccc2c1CCO. The molecule has 2 rings (SSSR count). The third-order valence-corrected chi connectivity index (χ3v) is 2.85. The molecule has 1 aromatic heterocycles. The van der Waals surface area contributed by atoms with Crippen LogP contribution in [0.25, 0.3) is 10.9 Å². The van der Waals surface area contributed by atoms with E-state index in [-0.39, 0.29) is 13.0 Å². The van der Waals surface area contributed by atoms with E-state index in [4.69, 9.17) is 10.2 Å². The minimum absolute atomic E-state index is 0.0713. The fourth-order valence-corrected chi connectivity index (χ4v) is 2.10. The highest BCUT2D eigenvalue weighted by atomic mass is 16.4. The summed E-state index contributed by atoms with van der Waals surface area (Å²) in [5.41, 5.74) is 2.95. The minimum Gasteiger partial charge on any atom is -0.481 e. The van der Waals surface area contributed by atoms with Gasteiger partial charge in [-0.25, -0.2) is 0 Å². The van der Waals surface area contributed by atoms with E-state index < -0.39 is 5.97 Å². The van der Waals surface area contributed by atoms with Gasteiger partial charge in [-0.3, -0.25) is 4.79 Å². The summed E-state index contributed by atoms with van der Waals surface area (Å²) in [6.45, 7) is 0.0713. The number of hydrogen-bond acceptors (Lipinski definition) is 2. The quantitative estimate of drug-likeness (QED) is 0.736. The van der Waals surface area contributed by atoms with Crippen LogP contribution >= 0.6 is 0 Å². The maximum atomic E-state index is 10.6. The van der Waals surface area contributed by atoms with Crippen LogP contribution in [0.15, 0.2) is 24.3 Å². The average Bonchev–Trinajstić information content (AvgIpc) is 2.66. The largest absolute Gasteiger partial charge is 0.481 e. The second-order valence-electron chi connectivity index (χ2n) is 4.00. The van der Waals surface area contributed by atoms with E-state index in [9.17, 15) is 4.79 Å². The van der Waals surface area contributed by atoms with Gasteiger partial charge in [-0.1, -0.05) is 18.2 Å². The normalized spacial score (nSPS) is 10.9. The van der Waals surface area contributed by atoms with Gasteiger partial charge in [0.2, 0.25) is 0 Å². The minimum atomic E-state index is -0.807. The van der Waals surface area contributed by atoms with Crippen LogP contribution in [0.3, 0.4) is 0 Å². The molecule has 17 heavy (non-hydrogen) atoms. The standard InChI is InChI=1S/C13H15NO3/c15-8-7-10-9-3-1-2-4-11(9)14-12(10)5-6-13(16)17/h1-4,14-15H,5-8H2,(H,16,17). The smallest absolute Gasteiger partial charge is 0.303 e. The lowest BCUT2D eigenvalue weighted by molar-refractivity contribution is -0.136. The van der Waals surface area contributed by atoms with Gasteiger partial charge in [-0.05, 0) is 24.5 Å². The number of aliphatic hydroxyl groups excluding tert-OH is 1. The summed E-state index contributed by atoms with van der Waals surface area (Å²) in [4.78, 5) is 13.8. The number of fused-ring (bicyclic) bond motifs is 1. The Bertz CT molecular complexity index is 530. The molecule has 0 saturated carbocycles. The summed E-state index contributed by atoms with van der Waals surface area (Å²) in [5.74, 6) is -0.807. The molecule has 0 aliphatic heterocycles. The van der Waals surface area contributed by atoms with Crippen LogP contribution in [-0.2, 0) is 17.6 Å². The summed E-state index contributed by atoms with van der Waals surface area (Å²) < 4.78 is 0. The molecule has 1 aromatic carbocycles. The lowest BCUT2D eigenvalue weighted by Crippen LogP contribution is -2.01. The number of rotatable bonds is 5. The zero-order valence-corrected chi connectivity index (χ0v) is 9.44. The van der Waals surface area contributed by atoms with Crippen LogP contribution in [0.4, 0.5) is 0 Å². The van der Waals surface area contributed by atoms with E-state index in [1.165, 1.54) is 0 Å². The number of carbonyl (C=O) groups is 1. The Labute approximate surface area is 98.9 Å². The van der Waals surface area contributed by atoms with Gasteiger partial charge in [0.1, 0.15) is 0 Å². The van der Waals surface area contributed by atoms with E-state index in [1.54, 1.807) is 0 Å². The number of aromatic amines is 1. The number of hydrogen-bond donors (Lipinski definition) is 3. The summed E-state index contributed by atoms with van der Waals surface area (Å²) in [7, 11) is 0. The number of aliphatic hydroxyl groups is 1. The number of aryl methyl sites for hydroxylation is 1. The number of benzene rings is 1. The summed E-state index contributed by atoms with van der Waals surface area (Å²) in [6, 6.07) is 7.82. The van der Waals surface area contributed by atoms with Crippen molar-refractivity contribution < 1.29 is 15.0 Å². The lowest BCUT2D eigenvalue weighted by Gasteiger charge is -2.01. The highest BCUT2D eigenvalue weighted by molar-refractivity contribution is 5.84. The number of H-pyrrole nitrogens is 1. The Hall–Kier alpha value is -1.81. The van der Waals surface area contributed by atoms with Crippen LogP contribution in [0.1, 0.15) is 17.7 Å². The highest BCUT2D eigenvalue weighted by Gasteiger charge is 2.11. The van der Waals surface area contributed by atoms with Crippen LogP contribution in [0.2, 0.25) is 0 Å². The topological polar surface area (TPSA) is 73.3 Å². The van der Waals surface area contributed by atoms with Crippen molar-refractivity contribution in [1.82, 2.24) is 4.98 Å². The molecule has 0 bridgehead atoms. The Morgan fingerprint density at radius 1 is 1.24 bits per heavy atom. The molecule has 90 valence electrons. The molecule has 0 atom stereocenters. The molecule has 3 N–H and O–H groups in total. The van der Waals surface area contributed by atoms with Gasteiger partial charge in [-0.2, -0.15) is 0 Å². The Morgan fingerprint density at radius 2 is 2.00 bits per heavy atom. The molecule has 0 aliphatic rings. The maximum Gasteiger partial charge on any atom is 0.303 e. The van der Waals surface area contributed by atoms with Crippen molar-refractivity contribution in [2.24, 2.45) is 0 Å². The van der Waals surface area contributed by atoms with E-state index in [2.05, 4.69) is 4.98 Å². The highest BCUT2D eigenvalue weighted by Crippen LogP contribution is 2.23. The Kier molecular flexibility index (Phi) is 3.44. The third-order valence-electron chi connectivity index (χ3n) is 2.85. The van der Waals surface area contributed by atoms with Crippen molar-refractivity contribution in [2.45, 2.75) is 19.3 Å². The van der Waals surface area contributed by atoms with E-state index in [0.717, 1.165) is 22.2 Å². The monoisotopic (exact) mass is 233 g/mol. The van der Waals surface area contributed by atoms with Gasteiger partial charge in [0.25, 0.3) is 0 Å². The predicted octanol–water partition coefficient (Wildman–Crippen LogP) is 1.72. The van der Waals surface area contributed by atoms with Crippen LogP contribution < -0.4 is 0 Å². The summed E-state index contributed by atoms with van der Waals surface area (Å²) >= 11 is 0. The molecule has 4 heteroatoms. The van der Waals surface area contributed by atoms with E-state index in [1.807, 2.05) is 24.3 Å². The fourth-order valence-electron chi connectivity index (χ4n) is 2.10. The van der Waals surface area contributed by atoms with Gasteiger partial charge in [0.15, 0.2) is 0 Å². The molecule has 0 unspecified atom stereocenters. The van der Waals surface area contributed by atoms with Gasteiger partial charge in [0.05, 0.1) is 6.42 Å². The molecular weight excluding hydrogens is 218 g/mol. The molecule has 1 heterocycles. The van der Waals surface area contributed by atoms with E-state index >= 15 is 0 Å². The molecular formula is C13H15NO3. The van der Waals surface area contributed by atoms with Gasteiger partial charge in [-0.15, -0.1) is 0 Å². The van der Waals surface area contributed by atoms with Crippen molar-refractivity contribution in [1.29, 1.82) is 0 Å². The zero-order valence-electron chi connectivity index (χ0n) is 9.44. The van der Waals surface area contributed by atoms with Gasteiger partial charge in [0, 0.05) is 23.2 Å². The molecule has 4 nitrogen and oxygen atoms in total. The lowest BCUT2D eigenvalue weighted by atomic mass is 10.1. The number of carboxylic acids is 1. The first-order valence-electron chi connectivity index (χ1n) is 5.63. The first-order valence-corrected chi connectivity index (χ1v) is 5.63. The number of nitrogens with one attached hydrogen (secondary N) is 1. The van der Waals surface area contributed by atoms with Crippen molar-refractivity contribution in [3.8, 4) is 0 Å². The van der Waals surface area contributed by atoms with Gasteiger partial charge < -0.3 is 15.2 Å². The Balaban J connectivity index is 2.38. The summed E-state index contributed by atoms with van der Waals surface area (Å²) in [5, 5.41) is 18.8. The first-order chi connectivity index (χ1) is 8.22. The summed E-state index contributed by atoms with van der Waals surface area (Å²) in [6.07, 6.45) is 1.13. The Morgan fingerprint density at radius 3 is 2.71 bits per heavy atom. The van der Waals surface area contributed by atoms with Crippen molar-refractivity contribution >= 4 is 16.9 Å². The number of aromatic nitrogens is 1. The van der Waals surface area contributed by atoms with Crippen molar-refractivity contribution in [2.75, 3.05) is 6.61 Å². The maximum absolute atomic E-state index is 10.6. The first kappa shape index (κ1) is 11.7. The molecule has 2 aromatic rings. The molecule has 0 saturated heterocycles. The second-order valence-corrected chi connectivity index (χ2v) is 4.00. The van der Waals surface area contributed by atoms with Gasteiger partial charge >= 0.3 is 5.97 Å². The number of carboxylic acid groups (broad SMARTS) is 1. The van der Waals surface area contributed by atoms with Crippen LogP contribution in [0.5, 0.6) is 0 Å².